The number of hydrogen-bond donors (Lipinski definition) is 2. The smallest absolute Gasteiger partial charge is 0.149 e. The van der Waals surface area contributed by atoms with Gasteiger partial charge >= 0.3 is 0 Å². The summed E-state index contributed by atoms with van der Waals surface area (Å²) in [5.41, 5.74) is 12.3. The predicted octanol–water partition coefficient (Wildman–Crippen LogP) is 0.435. The summed E-state index contributed by atoms with van der Waals surface area (Å²) in [6.07, 6.45) is 0. The maximum atomic E-state index is 5.88. The highest BCUT2D eigenvalue weighted by atomic mass is 16.5. The molecule has 1 rings (SSSR count). The minimum atomic E-state index is -0.110. The molecule has 0 spiro atoms. The second kappa shape index (κ2) is 7.06. The molecule has 0 amide bonds. The number of rotatable bonds is 7. The average Bonchev–Trinajstić information content (AvgIpc) is 2.44. The summed E-state index contributed by atoms with van der Waals surface area (Å²) in [6.45, 7) is 1.03. The van der Waals surface area contributed by atoms with Crippen molar-refractivity contribution in [1.29, 1.82) is 0 Å². The minimum Gasteiger partial charge on any atom is -0.496 e. The van der Waals surface area contributed by atoms with Gasteiger partial charge in [-0.15, -0.1) is 0 Å². The van der Waals surface area contributed by atoms with Crippen LogP contribution in [0.1, 0.15) is 0 Å². The first-order valence-corrected chi connectivity index (χ1v) is 6.04. The van der Waals surface area contributed by atoms with Gasteiger partial charge in [-0.25, -0.2) is 0 Å². The standard InChI is InChI=1S/C13H23N3O3/c1-16(8-9(15)7-14)13-11(18-3)5-10(17-2)6-12(13)19-4/h5-6,9H,7-8,14-15H2,1-4H3. The predicted molar refractivity (Wildman–Crippen MR) is 76.4 cm³/mol. The fourth-order valence-corrected chi connectivity index (χ4v) is 1.88. The van der Waals surface area contributed by atoms with Crippen LogP contribution in [0.3, 0.4) is 0 Å². The van der Waals surface area contributed by atoms with Gasteiger partial charge in [-0.2, -0.15) is 0 Å². The van der Waals surface area contributed by atoms with Crippen molar-refractivity contribution in [2.24, 2.45) is 11.5 Å². The molecular formula is C13H23N3O3. The van der Waals surface area contributed by atoms with Crippen molar-refractivity contribution in [2.75, 3.05) is 46.4 Å². The zero-order valence-electron chi connectivity index (χ0n) is 12.0. The fourth-order valence-electron chi connectivity index (χ4n) is 1.88. The lowest BCUT2D eigenvalue weighted by atomic mass is 10.2. The highest BCUT2D eigenvalue weighted by Gasteiger charge is 2.18. The summed E-state index contributed by atoms with van der Waals surface area (Å²) in [5.74, 6) is 2.01. The third-order valence-corrected chi connectivity index (χ3v) is 2.88. The monoisotopic (exact) mass is 269 g/mol. The van der Waals surface area contributed by atoms with Gasteiger partial charge in [0.05, 0.1) is 21.3 Å². The van der Waals surface area contributed by atoms with Crippen molar-refractivity contribution >= 4 is 5.69 Å². The zero-order chi connectivity index (χ0) is 14.4. The van der Waals surface area contributed by atoms with Gasteiger partial charge < -0.3 is 30.6 Å². The van der Waals surface area contributed by atoms with Gasteiger partial charge in [-0.05, 0) is 0 Å². The van der Waals surface area contributed by atoms with E-state index in [2.05, 4.69) is 0 Å². The quantitative estimate of drug-likeness (QED) is 0.747. The molecule has 6 heteroatoms. The molecule has 108 valence electrons. The topological polar surface area (TPSA) is 83.0 Å². The van der Waals surface area contributed by atoms with E-state index in [1.54, 1.807) is 21.3 Å². The van der Waals surface area contributed by atoms with Crippen LogP contribution < -0.4 is 30.6 Å². The number of methoxy groups -OCH3 is 3. The Kier molecular flexibility index (Phi) is 5.72. The molecule has 0 fully saturated rings. The highest BCUT2D eigenvalue weighted by molar-refractivity contribution is 5.70. The molecule has 0 aliphatic carbocycles. The SMILES string of the molecule is COc1cc(OC)c(N(C)CC(N)CN)c(OC)c1. The van der Waals surface area contributed by atoms with Crippen molar-refractivity contribution < 1.29 is 14.2 Å². The van der Waals surface area contributed by atoms with Crippen LogP contribution in [0.25, 0.3) is 0 Å². The maximum absolute atomic E-state index is 5.88. The Morgan fingerprint density at radius 1 is 1.11 bits per heavy atom. The third-order valence-electron chi connectivity index (χ3n) is 2.88. The van der Waals surface area contributed by atoms with Crippen LogP contribution in [0.15, 0.2) is 12.1 Å². The molecule has 0 saturated carbocycles. The van der Waals surface area contributed by atoms with Crippen LogP contribution in [-0.4, -0.2) is 47.5 Å². The minimum absolute atomic E-state index is 0.110. The molecule has 0 radical (unpaired) electrons. The maximum Gasteiger partial charge on any atom is 0.149 e. The number of likely N-dealkylation sites (N-methyl/N-ethyl adjacent to an activating group) is 1. The van der Waals surface area contributed by atoms with Gasteiger partial charge in [0.1, 0.15) is 22.9 Å². The zero-order valence-corrected chi connectivity index (χ0v) is 12.0. The fraction of sp³-hybridized carbons (Fsp3) is 0.538. The summed E-state index contributed by atoms with van der Waals surface area (Å²) in [6, 6.07) is 3.51. The van der Waals surface area contributed by atoms with E-state index in [9.17, 15) is 0 Å². The Hall–Kier alpha value is -1.66. The number of nitrogens with zero attached hydrogens (tertiary/aromatic N) is 1. The summed E-state index contributed by atoms with van der Waals surface area (Å²) in [7, 11) is 6.73. The molecular weight excluding hydrogens is 246 g/mol. The molecule has 19 heavy (non-hydrogen) atoms. The first-order valence-electron chi connectivity index (χ1n) is 6.04. The van der Waals surface area contributed by atoms with Gasteiger partial charge in [0.2, 0.25) is 0 Å². The van der Waals surface area contributed by atoms with E-state index < -0.39 is 0 Å². The third kappa shape index (κ3) is 3.65. The molecule has 0 saturated heterocycles. The normalized spacial score (nSPS) is 11.9. The van der Waals surface area contributed by atoms with E-state index >= 15 is 0 Å². The summed E-state index contributed by atoms with van der Waals surface area (Å²) in [4.78, 5) is 1.97. The first-order chi connectivity index (χ1) is 9.07. The first kappa shape index (κ1) is 15.4. The number of anilines is 1. The highest BCUT2D eigenvalue weighted by Crippen LogP contribution is 2.40. The Balaban J connectivity index is 3.15. The Bertz CT molecular complexity index is 387. The van der Waals surface area contributed by atoms with Gasteiger partial charge in [0, 0.05) is 38.3 Å². The second-order valence-corrected chi connectivity index (χ2v) is 4.26. The molecule has 0 aliphatic rings. The average molecular weight is 269 g/mol. The van der Waals surface area contributed by atoms with Gasteiger partial charge in [-0.1, -0.05) is 0 Å². The van der Waals surface area contributed by atoms with E-state index in [4.69, 9.17) is 25.7 Å². The van der Waals surface area contributed by atoms with Crippen molar-refractivity contribution in [3.63, 3.8) is 0 Å². The molecule has 1 aromatic carbocycles. The van der Waals surface area contributed by atoms with E-state index in [1.807, 2.05) is 24.1 Å². The van der Waals surface area contributed by atoms with Crippen LogP contribution >= 0.6 is 0 Å². The number of hydrogen-bond acceptors (Lipinski definition) is 6. The lowest BCUT2D eigenvalue weighted by Crippen LogP contribution is -2.40. The van der Waals surface area contributed by atoms with Crippen molar-refractivity contribution in [2.45, 2.75) is 6.04 Å². The molecule has 0 bridgehead atoms. The van der Waals surface area contributed by atoms with E-state index in [0.717, 1.165) is 5.69 Å². The molecule has 6 nitrogen and oxygen atoms in total. The van der Waals surface area contributed by atoms with E-state index in [-0.39, 0.29) is 6.04 Å². The Morgan fingerprint density at radius 2 is 1.63 bits per heavy atom. The Morgan fingerprint density at radius 3 is 2.00 bits per heavy atom. The van der Waals surface area contributed by atoms with Crippen molar-refractivity contribution in [3.8, 4) is 17.2 Å². The lowest BCUT2D eigenvalue weighted by Gasteiger charge is -2.26. The van der Waals surface area contributed by atoms with Crippen molar-refractivity contribution in [1.82, 2.24) is 0 Å². The molecule has 0 heterocycles. The number of nitrogens with two attached hydrogens (primary N) is 2. The molecule has 1 unspecified atom stereocenters. The van der Waals surface area contributed by atoms with Crippen LogP contribution in [0.4, 0.5) is 5.69 Å². The van der Waals surface area contributed by atoms with Gasteiger partial charge in [-0.3, -0.25) is 0 Å². The number of benzene rings is 1. The molecule has 1 aromatic rings. The van der Waals surface area contributed by atoms with Crippen molar-refractivity contribution in [3.05, 3.63) is 12.1 Å². The summed E-state index contributed by atoms with van der Waals surface area (Å²) < 4.78 is 16.0. The lowest BCUT2D eigenvalue weighted by molar-refractivity contribution is 0.375. The summed E-state index contributed by atoms with van der Waals surface area (Å²) in [5, 5.41) is 0. The summed E-state index contributed by atoms with van der Waals surface area (Å²) >= 11 is 0. The van der Waals surface area contributed by atoms with E-state index in [0.29, 0.717) is 30.3 Å². The van der Waals surface area contributed by atoms with Gasteiger partial charge in [0.25, 0.3) is 0 Å². The van der Waals surface area contributed by atoms with Crippen LogP contribution in [-0.2, 0) is 0 Å². The van der Waals surface area contributed by atoms with Crippen LogP contribution in [0.2, 0.25) is 0 Å². The number of ether oxygens (including phenoxy) is 3. The molecule has 0 aliphatic heterocycles. The van der Waals surface area contributed by atoms with Crippen LogP contribution in [0, 0.1) is 0 Å². The largest absolute Gasteiger partial charge is 0.496 e. The Labute approximate surface area is 114 Å². The van der Waals surface area contributed by atoms with E-state index in [1.165, 1.54) is 0 Å². The molecule has 4 N–H and O–H groups in total. The molecule has 0 aromatic heterocycles. The second-order valence-electron chi connectivity index (χ2n) is 4.26. The molecule has 1 atom stereocenters. The van der Waals surface area contributed by atoms with Crippen LogP contribution in [0.5, 0.6) is 17.2 Å². The van der Waals surface area contributed by atoms with Gasteiger partial charge in [0.15, 0.2) is 0 Å².